The highest BCUT2D eigenvalue weighted by Gasteiger charge is 2.34. The molecule has 2 aliphatic rings. The van der Waals surface area contributed by atoms with Crippen molar-refractivity contribution in [2.75, 3.05) is 25.4 Å². The van der Waals surface area contributed by atoms with E-state index in [1.54, 1.807) is 4.31 Å². The normalized spacial score (nSPS) is 31.8. The zero-order chi connectivity index (χ0) is 12.3. The van der Waals surface area contributed by atoms with Crippen molar-refractivity contribution in [1.29, 1.82) is 0 Å². The first-order valence-corrected chi connectivity index (χ1v) is 8.44. The summed E-state index contributed by atoms with van der Waals surface area (Å²) in [5.41, 5.74) is 0. The second-order valence-corrected chi connectivity index (χ2v) is 7.27. The molecule has 2 unspecified atom stereocenters. The van der Waals surface area contributed by atoms with E-state index >= 15 is 0 Å². The maximum absolute atomic E-state index is 12.4. The van der Waals surface area contributed by atoms with Crippen LogP contribution in [0.5, 0.6) is 0 Å². The lowest BCUT2D eigenvalue weighted by atomic mass is 10.0. The van der Waals surface area contributed by atoms with E-state index < -0.39 is 10.0 Å². The number of nitrogens with zero attached hydrogens (tertiary/aromatic N) is 1. The first kappa shape index (κ1) is 13.3. The minimum Gasteiger partial charge on any atom is -0.316 e. The summed E-state index contributed by atoms with van der Waals surface area (Å²) in [5.74, 6) is 0.656. The molecule has 2 atom stereocenters. The Morgan fingerprint density at radius 1 is 1.29 bits per heavy atom. The van der Waals surface area contributed by atoms with E-state index in [2.05, 4.69) is 12.2 Å². The van der Waals surface area contributed by atoms with E-state index in [1.807, 2.05) is 0 Å². The first-order chi connectivity index (χ1) is 8.13. The van der Waals surface area contributed by atoms with Crippen molar-refractivity contribution in [2.45, 2.75) is 45.1 Å². The van der Waals surface area contributed by atoms with Crippen LogP contribution in [0, 0.1) is 5.92 Å². The van der Waals surface area contributed by atoms with E-state index in [9.17, 15) is 8.42 Å². The summed E-state index contributed by atoms with van der Waals surface area (Å²) in [7, 11) is -3.03. The van der Waals surface area contributed by atoms with Crippen LogP contribution in [-0.2, 0) is 10.0 Å². The molecule has 2 heterocycles. The number of piperidine rings is 1. The Morgan fingerprint density at radius 3 is 2.76 bits per heavy atom. The lowest BCUT2D eigenvalue weighted by Gasteiger charge is -2.28. The molecule has 2 fully saturated rings. The van der Waals surface area contributed by atoms with Crippen molar-refractivity contribution >= 4 is 10.0 Å². The fourth-order valence-electron chi connectivity index (χ4n) is 3.04. The Kier molecular flexibility index (Phi) is 4.44. The van der Waals surface area contributed by atoms with Gasteiger partial charge in [-0.15, -0.1) is 0 Å². The van der Waals surface area contributed by atoms with Crippen LogP contribution in [0.3, 0.4) is 0 Å². The summed E-state index contributed by atoms with van der Waals surface area (Å²) in [6.45, 7) is 4.73. The van der Waals surface area contributed by atoms with Gasteiger partial charge in [-0.25, -0.2) is 8.42 Å². The molecule has 4 nitrogen and oxygen atoms in total. The van der Waals surface area contributed by atoms with Gasteiger partial charge < -0.3 is 5.32 Å². The molecule has 0 bridgehead atoms. The zero-order valence-electron chi connectivity index (χ0n) is 10.7. The molecule has 0 aliphatic carbocycles. The second-order valence-electron chi connectivity index (χ2n) is 5.31. The van der Waals surface area contributed by atoms with Gasteiger partial charge >= 0.3 is 0 Å². The highest BCUT2D eigenvalue weighted by molar-refractivity contribution is 7.89. The van der Waals surface area contributed by atoms with Crippen molar-refractivity contribution in [1.82, 2.24) is 9.62 Å². The predicted octanol–water partition coefficient (Wildman–Crippen LogP) is 1.19. The average molecular weight is 260 g/mol. The topological polar surface area (TPSA) is 49.4 Å². The fourth-order valence-corrected chi connectivity index (χ4v) is 5.23. The summed E-state index contributed by atoms with van der Waals surface area (Å²) in [6, 6.07) is 0.261. The van der Waals surface area contributed by atoms with Gasteiger partial charge in [0.25, 0.3) is 0 Å². The van der Waals surface area contributed by atoms with Crippen LogP contribution in [0.4, 0.5) is 0 Å². The summed E-state index contributed by atoms with van der Waals surface area (Å²) in [6.07, 6.45) is 5.18. The van der Waals surface area contributed by atoms with Gasteiger partial charge in [0.2, 0.25) is 10.0 Å². The van der Waals surface area contributed by atoms with Crippen molar-refractivity contribution in [3.8, 4) is 0 Å². The van der Waals surface area contributed by atoms with Gasteiger partial charge in [0.05, 0.1) is 5.75 Å². The largest absolute Gasteiger partial charge is 0.316 e. The maximum atomic E-state index is 12.4. The highest BCUT2D eigenvalue weighted by atomic mass is 32.2. The Bertz CT molecular complexity index is 336. The third-order valence-corrected chi connectivity index (χ3v) is 6.08. The highest BCUT2D eigenvalue weighted by Crippen LogP contribution is 2.25. The van der Waals surface area contributed by atoms with E-state index in [1.165, 1.54) is 0 Å². The van der Waals surface area contributed by atoms with Crippen LogP contribution in [0.15, 0.2) is 0 Å². The molecule has 0 radical (unpaired) electrons. The molecule has 2 saturated heterocycles. The summed E-state index contributed by atoms with van der Waals surface area (Å²) in [5, 5.41) is 3.29. The molecule has 5 heteroatoms. The van der Waals surface area contributed by atoms with Crippen LogP contribution < -0.4 is 5.32 Å². The molecule has 0 saturated carbocycles. The molecule has 0 spiro atoms. The van der Waals surface area contributed by atoms with Gasteiger partial charge in [-0.1, -0.05) is 6.92 Å². The third kappa shape index (κ3) is 3.20. The van der Waals surface area contributed by atoms with Gasteiger partial charge in [-0.3, -0.25) is 0 Å². The molecule has 17 heavy (non-hydrogen) atoms. The molecule has 100 valence electrons. The quantitative estimate of drug-likeness (QED) is 0.826. The summed E-state index contributed by atoms with van der Waals surface area (Å²) >= 11 is 0. The van der Waals surface area contributed by atoms with Crippen LogP contribution in [0.25, 0.3) is 0 Å². The predicted molar refractivity (Wildman–Crippen MR) is 69.4 cm³/mol. The SMILES string of the molecule is CCC1CCCN1S(=O)(=O)CC1CCCNC1. The Labute approximate surface area is 105 Å². The summed E-state index contributed by atoms with van der Waals surface area (Å²) < 4.78 is 26.5. The average Bonchev–Trinajstić information content (AvgIpc) is 2.78. The van der Waals surface area contributed by atoms with Crippen LogP contribution >= 0.6 is 0 Å². The van der Waals surface area contributed by atoms with Crippen molar-refractivity contribution in [3.63, 3.8) is 0 Å². The van der Waals surface area contributed by atoms with Crippen molar-refractivity contribution in [2.24, 2.45) is 5.92 Å². The van der Waals surface area contributed by atoms with E-state index in [4.69, 9.17) is 0 Å². The van der Waals surface area contributed by atoms with Crippen molar-refractivity contribution < 1.29 is 8.42 Å². The molecule has 0 aromatic carbocycles. The van der Waals surface area contributed by atoms with E-state index in [-0.39, 0.29) is 6.04 Å². The maximum Gasteiger partial charge on any atom is 0.214 e. The number of nitrogens with one attached hydrogen (secondary N) is 1. The summed E-state index contributed by atoms with van der Waals surface area (Å²) in [4.78, 5) is 0. The fraction of sp³-hybridized carbons (Fsp3) is 1.00. The molecule has 2 aliphatic heterocycles. The minimum atomic E-state index is -3.03. The smallest absolute Gasteiger partial charge is 0.214 e. The van der Waals surface area contributed by atoms with Crippen molar-refractivity contribution in [3.05, 3.63) is 0 Å². The molecule has 1 N–H and O–H groups in total. The molecule has 0 aromatic rings. The van der Waals surface area contributed by atoms with Gasteiger partial charge in [-0.2, -0.15) is 4.31 Å². The molecule has 0 aromatic heterocycles. The van der Waals surface area contributed by atoms with E-state index in [0.717, 1.165) is 51.7 Å². The van der Waals surface area contributed by atoms with Gasteiger partial charge in [0.15, 0.2) is 0 Å². The Morgan fingerprint density at radius 2 is 2.12 bits per heavy atom. The second kappa shape index (κ2) is 5.67. The number of hydrogen-bond donors (Lipinski definition) is 1. The third-order valence-electron chi connectivity index (χ3n) is 4.00. The van der Waals surface area contributed by atoms with Gasteiger partial charge in [-0.05, 0) is 51.1 Å². The lowest BCUT2D eigenvalue weighted by Crippen LogP contribution is -2.41. The molecule has 0 amide bonds. The molecule has 2 rings (SSSR count). The number of rotatable bonds is 4. The lowest BCUT2D eigenvalue weighted by molar-refractivity contribution is 0.360. The standard InChI is InChI=1S/C12H24N2O2S/c1-2-12-6-4-8-14(12)17(15,16)10-11-5-3-7-13-9-11/h11-13H,2-10H2,1H3. The van der Waals surface area contributed by atoms with Gasteiger partial charge in [0, 0.05) is 12.6 Å². The first-order valence-electron chi connectivity index (χ1n) is 6.83. The zero-order valence-corrected chi connectivity index (χ0v) is 11.5. The van der Waals surface area contributed by atoms with Crippen LogP contribution in [0.2, 0.25) is 0 Å². The number of hydrogen-bond acceptors (Lipinski definition) is 3. The Hall–Kier alpha value is -0.130. The molecular formula is C12H24N2O2S. The minimum absolute atomic E-state index is 0.261. The number of sulfonamides is 1. The van der Waals surface area contributed by atoms with Crippen LogP contribution in [0.1, 0.15) is 39.0 Å². The van der Waals surface area contributed by atoms with Crippen LogP contribution in [-0.4, -0.2) is 44.2 Å². The molecular weight excluding hydrogens is 236 g/mol. The van der Waals surface area contributed by atoms with Gasteiger partial charge in [0.1, 0.15) is 0 Å². The monoisotopic (exact) mass is 260 g/mol. The Balaban J connectivity index is 1.97. The van der Waals surface area contributed by atoms with E-state index in [0.29, 0.717) is 11.7 Å².